The van der Waals surface area contributed by atoms with Gasteiger partial charge in [-0.2, -0.15) is 0 Å². The number of nitrogen functional groups attached to an aromatic ring is 1. The normalized spacial score (nSPS) is 12.5. The summed E-state index contributed by atoms with van der Waals surface area (Å²) in [6, 6.07) is 4.71. The van der Waals surface area contributed by atoms with E-state index < -0.39 is 0 Å². The van der Waals surface area contributed by atoms with Gasteiger partial charge in [-0.3, -0.25) is 4.79 Å². The zero-order valence-corrected chi connectivity index (χ0v) is 11.4. The molecule has 1 aromatic rings. The zero-order chi connectivity index (χ0) is 13.7. The molecule has 5 heteroatoms. The first kappa shape index (κ1) is 14.8. The molecule has 0 aliphatic rings. The van der Waals surface area contributed by atoms with Crippen LogP contribution in [0.5, 0.6) is 0 Å². The summed E-state index contributed by atoms with van der Waals surface area (Å²) in [5.41, 5.74) is 6.51. The number of amides is 1. The second kappa shape index (κ2) is 6.61. The standard InChI is InChI=1S/C13H19ClN2O2/c1-8(2)12(5-6-17)16-13(18)10-4-3-9(14)7-11(10)15/h3-4,7-8,12,17H,5-6,15H2,1-2H3,(H,16,18). The van der Waals surface area contributed by atoms with Gasteiger partial charge in [-0.25, -0.2) is 0 Å². The molecule has 0 radical (unpaired) electrons. The number of rotatable bonds is 5. The van der Waals surface area contributed by atoms with Crippen molar-refractivity contribution in [2.45, 2.75) is 26.3 Å². The predicted molar refractivity (Wildman–Crippen MR) is 73.7 cm³/mol. The number of aliphatic hydroxyl groups is 1. The summed E-state index contributed by atoms with van der Waals surface area (Å²) in [6.07, 6.45) is 0.525. The average molecular weight is 271 g/mol. The van der Waals surface area contributed by atoms with Crippen LogP contribution >= 0.6 is 11.6 Å². The van der Waals surface area contributed by atoms with Gasteiger partial charge < -0.3 is 16.2 Å². The van der Waals surface area contributed by atoms with Gasteiger partial charge in [0.2, 0.25) is 0 Å². The molecule has 0 aliphatic carbocycles. The Balaban J connectivity index is 2.80. The third kappa shape index (κ3) is 3.89. The molecule has 0 heterocycles. The Kier molecular flexibility index (Phi) is 5.44. The molecule has 1 amide bonds. The Morgan fingerprint density at radius 1 is 1.50 bits per heavy atom. The number of nitrogens with two attached hydrogens (primary N) is 1. The van der Waals surface area contributed by atoms with Crippen LogP contribution in [0.2, 0.25) is 5.02 Å². The molecule has 0 fully saturated rings. The van der Waals surface area contributed by atoms with E-state index in [1.165, 1.54) is 0 Å². The van der Waals surface area contributed by atoms with Gasteiger partial charge in [0.1, 0.15) is 0 Å². The van der Waals surface area contributed by atoms with Gasteiger partial charge in [-0.15, -0.1) is 0 Å². The Morgan fingerprint density at radius 2 is 2.17 bits per heavy atom. The Hall–Kier alpha value is -1.26. The third-order valence-electron chi connectivity index (χ3n) is 2.82. The van der Waals surface area contributed by atoms with E-state index >= 15 is 0 Å². The predicted octanol–water partition coefficient (Wildman–Crippen LogP) is 2.06. The molecule has 1 atom stereocenters. The highest BCUT2D eigenvalue weighted by atomic mass is 35.5. The largest absolute Gasteiger partial charge is 0.398 e. The van der Waals surface area contributed by atoms with Gasteiger partial charge in [0.25, 0.3) is 5.91 Å². The van der Waals surface area contributed by atoms with Crippen LogP contribution in [-0.4, -0.2) is 23.7 Å². The van der Waals surface area contributed by atoms with Crippen molar-refractivity contribution >= 4 is 23.2 Å². The van der Waals surface area contributed by atoms with Crippen molar-refractivity contribution in [1.82, 2.24) is 5.32 Å². The minimum Gasteiger partial charge on any atom is -0.398 e. The highest BCUT2D eigenvalue weighted by molar-refractivity contribution is 6.31. The van der Waals surface area contributed by atoms with Gasteiger partial charge in [0, 0.05) is 23.4 Å². The smallest absolute Gasteiger partial charge is 0.253 e. The molecule has 100 valence electrons. The minimum absolute atomic E-state index is 0.0409. The number of aliphatic hydroxyl groups excluding tert-OH is 1. The first-order chi connectivity index (χ1) is 8.45. The lowest BCUT2D eigenvalue weighted by Gasteiger charge is -2.21. The fourth-order valence-electron chi connectivity index (χ4n) is 1.70. The number of benzene rings is 1. The lowest BCUT2D eigenvalue weighted by atomic mass is 10.0. The lowest BCUT2D eigenvalue weighted by Crippen LogP contribution is -2.39. The molecule has 0 saturated carbocycles. The van der Waals surface area contributed by atoms with Crippen molar-refractivity contribution in [2.24, 2.45) is 5.92 Å². The molecule has 1 unspecified atom stereocenters. The van der Waals surface area contributed by atoms with E-state index in [0.29, 0.717) is 22.7 Å². The van der Waals surface area contributed by atoms with Gasteiger partial charge in [0.05, 0.1) is 5.56 Å². The fourth-order valence-corrected chi connectivity index (χ4v) is 1.88. The summed E-state index contributed by atoms with van der Waals surface area (Å²) in [5.74, 6) is 0.00550. The maximum atomic E-state index is 12.1. The quantitative estimate of drug-likeness (QED) is 0.717. The molecule has 0 aliphatic heterocycles. The summed E-state index contributed by atoms with van der Waals surface area (Å²) in [7, 11) is 0. The first-order valence-corrected chi connectivity index (χ1v) is 6.30. The van der Waals surface area contributed by atoms with E-state index in [1.54, 1.807) is 18.2 Å². The van der Waals surface area contributed by atoms with Gasteiger partial charge >= 0.3 is 0 Å². The lowest BCUT2D eigenvalue weighted by molar-refractivity contribution is 0.0917. The molecule has 0 bridgehead atoms. The number of hydrogen-bond acceptors (Lipinski definition) is 3. The minimum atomic E-state index is -0.240. The Bertz CT molecular complexity index is 421. The molecule has 4 N–H and O–H groups in total. The summed E-state index contributed by atoms with van der Waals surface area (Å²) < 4.78 is 0. The highest BCUT2D eigenvalue weighted by Crippen LogP contribution is 2.18. The van der Waals surface area contributed by atoms with Crippen molar-refractivity contribution in [2.75, 3.05) is 12.3 Å². The maximum absolute atomic E-state index is 12.1. The van der Waals surface area contributed by atoms with Crippen molar-refractivity contribution in [1.29, 1.82) is 0 Å². The van der Waals surface area contributed by atoms with Crippen molar-refractivity contribution in [3.63, 3.8) is 0 Å². The maximum Gasteiger partial charge on any atom is 0.253 e. The number of anilines is 1. The average Bonchev–Trinajstić information content (AvgIpc) is 2.27. The second-order valence-corrected chi connectivity index (χ2v) is 5.00. The van der Waals surface area contributed by atoms with Crippen LogP contribution in [0.25, 0.3) is 0 Å². The van der Waals surface area contributed by atoms with E-state index in [0.717, 1.165) is 0 Å². The van der Waals surface area contributed by atoms with Crippen molar-refractivity contribution in [3.05, 3.63) is 28.8 Å². The third-order valence-corrected chi connectivity index (χ3v) is 3.05. The number of hydrogen-bond donors (Lipinski definition) is 3. The van der Waals surface area contributed by atoms with Crippen LogP contribution in [0.4, 0.5) is 5.69 Å². The van der Waals surface area contributed by atoms with E-state index in [4.69, 9.17) is 22.4 Å². The molecule has 0 saturated heterocycles. The van der Waals surface area contributed by atoms with Crippen LogP contribution in [0.1, 0.15) is 30.6 Å². The zero-order valence-electron chi connectivity index (χ0n) is 10.6. The molecular weight excluding hydrogens is 252 g/mol. The molecule has 4 nitrogen and oxygen atoms in total. The Labute approximate surface area is 112 Å². The Morgan fingerprint density at radius 3 is 2.67 bits per heavy atom. The van der Waals surface area contributed by atoms with Crippen LogP contribution in [0, 0.1) is 5.92 Å². The first-order valence-electron chi connectivity index (χ1n) is 5.92. The van der Waals surface area contributed by atoms with Crippen LogP contribution in [0.3, 0.4) is 0 Å². The van der Waals surface area contributed by atoms with Gasteiger partial charge in [-0.05, 0) is 30.5 Å². The molecule has 1 rings (SSSR count). The summed E-state index contributed by atoms with van der Waals surface area (Å²) in [4.78, 5) is 12.1. The second-order valence-electron chi connectivity index (χ2n) is 4.57. The molecule has 0 spiro atoms. The molecule has 1 aromatic carbocycles. The van der Waals surface area contributed by atoms with E-state index in [-0.39, 0.29) is 24.5 Å². The van der Waals surface area contributed by atoms with Gasteiger partial charge in [0.15, 0.2) is 0 Å². The number of carbonyl (C=O) groups is 1. The van der Waals surface area contributed by atoms with Gasteiger partial charge in [-0.1, -0.05) is 25.4 Å². The number of nitrogens with one attached hydrogen (secondary N) is 1. The van der Waals surface area contributed by atoms with Crippen LogP contribution in [-0.2, 0) is 0 Å². The monoisotopic (exact) mass is 270 g/mol. The summed E-state index contributed by atoms with van der Waals surface area (Å²) in [6.45, 7) is 4.02. The number of halogens is 1. The topological polar surface area (TPSA) is 75.3 Å². The number of carbonyl (C=O) groups excluding carboxylic acids is 1. The molecule has 0 aromatic heterocycles. The van der Waals surface area contributed by atoms with E-state index in [1.807, 2.05) is 13.8 Å². The molecule has 18 heavy (non-hydrogen) atoms. The summed E-state index contributed by atoms with van der Waals surface area (Å²) >= 11 is 5.78. The van der Waals surface area contributed by atoms with Crippen LogP contribution in [0.15, 0.2) is 18.2 Å². The highest BCUT2D eigenvalue weighted by Gasteiger charge is 2.18. The van der Waals surface area contributed by atoms with Crippen LogP contribution < -0.4 is 11.1 Å². The van der Waals surface area contributed by atoms with Crippen molar-refractivity contribution < 1.29 is 9.90 Å². The molecular formula is C13H19ClN2O2. The van der Waals surface area contributed by atoms with E-state index in [2.05, 4.69) is 5.32 Å². The van der Waals surface area contributed by atoms with E-state index in [9.17, 15) is 4.79 Å². The van der Waals surface area contributed by atoms with Crippen molar-refractivity contribution in [3.8, 4) is 0 Å². The fraction of sp³-hybridized carbons (Fsp3) is 0.462. The SMILES string of the molecule is CC(C)C(CCO)NC(=O)c1ccc(Cl)cc1N. The summed E-state index contributed by atoms with van der Waals surface area (Å²) in [5, 5.41) is 12.3.